The van der Waals surface area contributed by atoms with Crippen molar-refractivity contribution in [1.29, 1.82) is 0 Å². The van der Waals surface area contributed by atoms with Crippen LogP contribution in [-0.4, -0.2) is 13.1 Å². The molecule has 0 radical (unpaired) electrons. The van der Waals surface area contributed by atoms with E-state index < -0.39 is 0 Å². The summed E-state index contributed by atoms with van der Waals surface area (Å²) in [7, 11) is 1.38. The van der Waals surface area contributed by atoms with Crippen LogP contribution < -0.4 is 0 Å². The summed E-state index contributed by atoms with van der Waals surface area (Å²) in [5, 5.41) is 0. The molecule has 0 heterocycles. The Labute approximate surface area is 90.6 Å². The molecule has 1 rings (SSSR count). The average Bonchev–Trinajstić information content (AvgIpc) is 2.29. The quantitative estimate of drug-likeness (QED) is 0.559. The molecular weight excluding hydrogens is 188 g/mol. The summed E-state index contributed by atoms with van der Waals surface area (Å²) >= 11 is 0. The molecule has 0 saturated carbocycles. The fraction of sp³-hybridized carbons (Fsp3) is 0.308. The summed E-state index contributed by atoms with van der Waals surface area (Å²) < 4.78 is 4.57. The molecule has 0 saturated heterocycles. The number of esters is 1. The van der Waals surface area contributed by atoms with Crippen LogP contribution in [0, 0.1) is 0 Å². The van der Waals surface area contributed by atoms with Crippen molar-refractivity contribution in [2.75, 3.05) is 7.11 Å². The van der Waals surface area contributed by atoms with Crippen molar-refractivity contribution in [3.05, 3.63) is 41.5 Å². The van der Waals surface area contributed by atoms with Gasteiger partial charge in [-0.05, 0) is 30.0 Å². The van der Waals surface area contributed by atoms with Gasteiger partial charge in [-0.1, -0.05) is 31.2 Å². The minimum atomic E-state index is -0.313. The maximum atomic E-state index is 11.0. The van der Waals surface area contributed by atoms with E-state index in [0.29, 0.717) is 0 Å². The second-order valence-corrected chi connectivity index (χ2v) is 3.40. The van der Waals surface area contributed by atoms with Crippen molar-refractivity contribution < 1.29 is 9.53 Å². The Kier molecular flexibility index (Phi) is 4.10. The predicted molar refractivity (Wildman–Crippen MR) is 61.5 cm³/mol. The lowest BCUT2D eigenvalue weighted by atomic mass is 10.0. The molecular formula is C13H16O2. The van der Waals surface area contributed by atoms with Gasteiger partial charge in [-0.3, -0.25) is 0 Å². The van der Waals surface area contributed by atoms with E-state index in [1.54, 1.807) is 0 Å². The molecule has 15 heavy (non-hydrogen) atoms. The molecule has 2 heteroatoms. The van der Waals surface area contributed by atoms with Crippen molar-refractivity contribution in [3.8, 4) is 0 Å². The molecule has 0 aliphatic carbocycles. The van der Waals surface area contributed by atoms with Gasteiger partial charge in [0, 0.05) is 6.08 Å². The number of hydrogen-bond donors (Lipinski definition) is 0. The Morgan fingerprint density at radius 2 is 1.93 bits per heavy atom. The first-order chi connectivity index (χ1) is 7.17. The van der Waals surface area contributed by atoms with Gasteiger partial charge in [-0.15, -0.1) is 0 Å². The van der Waals surface area contributed by atoms with Gasteiger partial charge in [0.1, 0.15) is 0 Å². The molecule has 0 N–H and O–H groups in total. The number of allylic oxidation sites excluding steroid dienone is 1. The second-order valence-electron chi connectivity index (χ2n) is 3.40. The van der Waals surface area contributed by atoms with E-state index in [2.05, 4.69) is 23.8 Å². The molecule has 0 unspecified atom stereocenters. The number of hydrogen-bond acceptors (Lipinski definition) is 2. The van der Waals surface area contributed by atoms with E-state index in [-0.39, 0.29) is 5.97 Å². The molecule has 0 aliphatic rings. The van der Waals surface area contributed by atoms with Crippen molar-refractivity contribution in [1.82, 2.24) is 0 Å². The predicted octanol–water partition coefficient (Wildman–Crippen LogP) is 2.83. The van der Waals surface area contributed by atoms with Crippen molar-refractivity contribution in [2.24, 2.45) is 0 Å². The molecule has 0 atom stereocenters. The zero-order chi connectivity index (χ0) is 11.3. The highest BCUT2D eigenvalue weighted by molar-refractivity contribution is 5.90. The van der Waals surface area contributed by atoms with Crippen LogP contribution in [0.25, 0.3) is 5.57 Å². The third kappa shape index (κ3) is 3.24. The third-order valence-electron chi connectivity index (χ3n) is 2.35. The number of carbonyl (C=O) groups excluding carboxylic acids is 1. The summed E-state index contributed by atoms with van der Waals surface area (Å²) in [5.74, 6) is -0.313. The van der Waals surface area contributed by atoms with E-state index in [0.717, 1.165) is 17.6 Å². The summed E-state index contributed by atoms with van der Waals surface area (Å²) in [4.78, 5) is 11.0. The Morgan fingerprint density at radius 1 is 1.33 bits per heavy atom. The monoisotopic (exact) mass is 204 g/mol. The lowest BCUT2D eigenvalue weighted by Crippen LogP contribution is -1.95. The maximum absolute atomic E-state index is 11.0. The van der Waals surface area contributed by atoms with Crippen molar-refractivity contribution in [2.45, 2.75) is 20.3 Å². The Hall–Kier alpha value is -1.57. The minimum Gasteiger partial charge on any atom is -0.466 e. The summed E-state index contributed by atoms with van der Waals surface area (Å²) in [6.07, 6.45) is 2.53. The Morgan fingerprint density at radius 3 is 2.40 bits per heavy atom. The Bertz CT molecular complexity index is 361. The number of methoxy groups -OCH3 is 1. The fourth-order valence-electron chi connectivity index (χ4n) is 1.32. The molecule has 0 amide bonds. The van der Waals surface area contributed by atoms with E-state index in [9.17, 15) is 4.79 Å². The van der Waals surface area contributed by atoms with E-state index in [1.165, 1.54) is 18.7 Å². The Balaban J connectivity index is 2.87. The van der Waals surface area contributed by atoms with Crippen LogP contribution in [0.2, 0.25) is 0 Å². The summed E-state index contributed by atoms with van der Waals surface area (Å²) in [5.41, 5.74) is 3.27. The molecule has 0 aliphatic heterocycles. The third-order valence-corrected chi connectivity index (χ3v) is 2.35. The molecule has 0 aromatic heterocycles. The summed E-state index contributed by atoms with van der Waals surface area (Å²) in [6, 6.07) is 8.19. The van der Waals surface area contributed by atoms with Crippen molar-refractivity contribution in [3.63, 3.8) is 0 Å². The molecule has 1 aromatic rings. The number of ether oxygens (including phenoxy) is 1. The number of rotatable bonds is 3. The number of carbonyl (C=O) groups is 1. The minimum absolute atomic E-state index is 0.313. The maximum Gasteiger partial charge on any atom is 0.330 e. The largest absolute Gasteiger partial charge is 0.466 e. The van der Waals surface area contributed by atoms with E-state index in [1.807, 2.05) is 19.1 Å². The highest BCUT2D eigenvalue weighted by Crippen LogP contribution is 2.14. The van der Waals surface area contributed by atoms with Crippen LogP contribution in [0.15, 0.2) is 30.3 Å². The first-order valence-corrected chi connectivity index (χ1v) is 5.03. The second kappa shape index (κ2) is 5.35. The lowest BCUT2D eigenvalue weighted by molar-refractivity contribution is -0.134. The number of aryl methyl sites for hydroxylation is 1. The standard InChI is InChI=1S/C13H16O2/c1-4-11-5-7-12(8-6-11)10(2)9-13(14)15-3/h5-9H,4H2,1-3H3/b10-9+. The zero-order valence-corrected chi connectivity index (χ0v) is 9.41. The molecule has 80 valence electrons. The average molecular weight is 204 g/mol. The smallest absolute Gasteiger partial charge is 0.330 e. The van der Waals surface area contributed by atoms with Crippen LogP contribution in [0.5, 0.6) is 0 Å². The van der Waals surface area contributed by atoms with Gasteiger partial charge >= 0.3 is 5.97 Å². The van der Waals surface area contributed by atoms with Crippen LogP contribution >= 0.6 is 0 Å². The lowest BCUT2D eigenvalue weighted by Gasteiger charge is -2.02. The van der Waals surface area contributed by atoms with Gasteiger partial charge < -0.3 is 4.74 Å². The van der Waals surface area contributed by atoms with Crippen molar-refractivity contribution >= 4 is 11.5 Å². The highest BCUT2D eigenvalue weighted by Gasteiger charge is 1.99. The van der Waals surface area contributed by atoms with Gasteiger partial charge in [0.05, 0.1) is 7.11 Å². The SMILES string of the molecule is CCc1ccc(/C(C)=C/C(=O)OC)cc1. The van der Waals surface area contributed by atoms with E-state index in [4.69, 9.17) is 0 Å². The van der Waals surface area contributed by atoms with Gasteiger partial charge in [0.25, 0.3) is 0 Å². The first kappa shape index (κ1) is 11.5. The van der Waals surface area contributed by atoms with Crippen LogP contribution in [0.4, 0.5) is 0 Å². The van der Waals surface area contributed by atoms with Crippen LogP contribution in [0.3, 0.4) is 0 Å². The topological polar surface area (TPSA) is 26.3 Å². The highest BCUT2D eigenvalue weighted by atomic mass is 16.5. The van der Waals surface area contributed by atoms with Gasteiger partial charge in [-0.25, -0.2) is 4.79 Å². The first-order valence-electron chi connectivity index (χ1n) is 5.03. The summed E-state index contributed by atoms with van der Waals surface area (Å²) in [6.45, 7) is 4.02. The zero-order valence-electron chi connectivity index (χ0n) is 9.41. The van der Waals surface area contributed by atoms with Gasteiger partial charge in [0.2, 0.25) is 0 Å². The van der Waals surface area contributed by atoms with Gasteiger partial charge in [0.15, 0.2) is 0 Å². The normalized spacial score (nSPS) is 11.3. The number of benzene rings is 1. The van der Waals surface area contributed by atoms with Crippen LogP contribution in [-0.2, 0) is 16.0 Å². The molecule has 0 spiro atoms. The van der Waals surface area contributed by atoms with Gasteiger partial charge in [-0.2, -0.15) is 0 Å². The van der Waals surface area contributed by atoms with E-state index >= 15 is 0 Å². The van der Waals surface area contributed by atoms with Crippen LogP contribution in [0.1, 0.15) is 25.0 Å². The molecule has 0 fully saturated rings. The molecule has 2 nitrogen and oxygen atoms in total. The molecule has 0 bridgehead atoms. The fourth-order valence-corrected chi connectivity index (χ4v) is 1.32. The molecule has 1 aromatic carbocycles.